The van der Waals surface area contributed by atoms with Gasteiger partial charge in [0.05, 0.1) is 30.2 Å². The number of aromatic nitrogens is 5. The van der Waals surface area contributed by atoms with Gasteiger partial charge in [0, 0.05) is 31.0 Å². The molecule has 0 bridgehead atoms. The molecule has 0 fully saturated rings. The molecule has 8 nitrogen and oxygen atoms in total. The number of hydrogen-bond donors (Lipinski definition) is 1. The number of fused-ring (bicyclic) bond motifs is 1. The predicted octanol–water partition coefficient (Wildman–Crippen LogP) is 2.48. The van der Waals surface area contributed by atoms with E-state index in [0.29, 0.717) is 18.8 Å². The number of amides is 1. The van der Waals surface area contributed by atoms with Gasteiger partial charge >= 0.3 is 0 Å². The van der Waals surface area contributed by atoms with Crippen molar-refractivity contribution in [2.24, 2.45) is 0 Å². The Labute approximate surface area is 155 Å². The molecule has 0 aliphatic rings. The summed E-state index contributed by atoms with van der Waals surface area (Å²) in [7, 11) is 0. The van der Waals surface area contributed by atoms with Gasteiger partial charge in [0.15, 0.2) is 11.5 Å². The number of nitrogens with one attached hydrogen (secondary N) is 1. The lowest BCUT2D eigenvalue weighted by Crippen LogP contribution is -2.37. The summed E-state index contributed by atoms with van der Waals surface area (Å²) in [6, 6.07) is 9.53. The molecule has 0 spiro atoms. The third-order valence-corrected chi connectivity index (χ3v) is 4.46. The van der Waals surface area contributed by atoms with E-state index in [1.54, 1.807) is 24.9 Å². The fourth-order valence-electron chi connectivity index (χ4n) is 2.98. The van der Waals surface area contributed by atoms with Gasteiger partial charge in [0.1, 0.15) is 0 Å². The molecule has 3 aromatic heterocycles. The summed E-state index contributed by atoms with van der Waals surface area (Å²) in [6.07, 6.45) is 7.88. The minimum absolute atomic E-state index is 0.00978. The van der Waals surface area contributed by atoms with Crippen LogP contribution in [0, 0.1) is 0 Å². The Morgan fingerprint density at radius 3 is 3.00 bits per heavy atom. The van der Waals surface area contributed by atoms with Gasteiger partial charge in [-0.25, -0.2) is 9.97 Å². The van der Waals surface area contributed by atoms with Crippen LogP contribution in [-0.4, -0.2) is 36.2 Å². The molecule has 4 aromatic rings. The van der Waals surface area contributed by atoms with E-state index >= 15 is 0 Å². The Bertz CT molecular complexity index is 1030. The molecule has 8 heteroatoms. The minimum Gasteiger partial charge on any atom is -0.359 e. The van der Waals surface area contributed by atoms with Gasteiger partial charge in [-0.2, -0.15) is 0 Å². The lowest BCUT2D eigenvalue weighted by molar-refractivity contribution is 0.0922. The quantitative estimate of drug-likeness (QED) is 0.544. The zero-order valence-electron chi connectivity index (χ0n) is 14.9. The van der Waals surface area contributed by atoms with Crippen LogP contribution in [0.4, 0.5) is 0 Å². The number of carbonyl (C=O) groups excluding carboxylic acids is 1. The summed E-state index contributed by atoms with van der Waals surface area (Å²) < 4.78 is 9.26. The first-order chi connectivity index (χ1) is 13.2. The first-order valence-corrected chi connectivity index (χ1v) is 8.85. The Morgan fingerprint density at radius 1 is 1.30 bits per heavy atom. The maximum Gasteiger partial charge on any atom is 0.273 e. The second kappa shape index (κ2) is 7.45. The van der Waals surface area contributed by atoms with Crippen LogP contribution in [0.5, 0.6) is 0 Å². The van der Waals surface area contributed by atoms with E-state index in [4.69, 9.17) is 4.52 Å². The standard InChI is InChI=1S/C19H20N6O2/c1-2-14(10-24-8-7-20-12-24)22-19(26)17-9-15(27-23-17)11-25-13-21-16-5-3-4-6-18(16)25/h3-9,12-14H,2,10-11H2,1H3,(H,22,26)/t14-/m1/s1. The van der Waals surface area contributed by atoms with Crippen molar-refractivity contribution in [1.82, 2.24) is 29.6 Å². The van der Waals surface area contributed by atoms with Gasteiger partial charge in [-0.05, 0) is 18.6 Å². The second-order valence-electron chi connectivity index (χ2n) is 6.38. The van der Waals surface area contributed by atoms with E-state index in [-0.39, 0.29) is 17.6 Å². The van der Waals surface area contributed by atoms with Gasteiger partial charge in [0.2, 0.25) is 0 Å². The second-order valence-corrected chi connectivity index (χ2v) is 6.38. The summed E-state index contributed by atoms with van der Waals surface area (Å²) in [5.41, 5.74) is 2.20. The van der Waals surface area contributed by atoms with E-state index in [9.17, 15) is 4.79 Å². The normalized spacial score (nSPS) is 12.3. The molecule has 0 aliphatic carbocycles. The Kier molecular flexibility index (Phi) is 4.69. The summed E-state index contributed by atoms with van der Waals surface area (Å²) in [4.78, 5) is 20.9. The zero-order chi connectivity index (χ0) is 18.6. The molecule has 0 radical (unpaired) electrons. The van der Waals surface area contributed by atoms with E-state index in [2.05, 4.69) is 20.4 Å². The van der Waals surface area contributed by atoms with Crippen LogP contribution in [0.2, 0.25) is 0 Å². The minimum atomic E-state index is -0.243. The predicted molar refractivity (Wildman–Crippen MR) is 99.1 cm³/mol. The van der Waals surface area contributed by atoms with Gasteiger partial charge < -0.3 is 19.0 Å². The molecule has 3 heterocycles. The molecule has 0 aliphatic heterocycles. The number of para-hydroxylation sites is 2. The fraction of sp³-hybridized carbons (Fsp3) is 0.263. The van der Waals surface area contributed by atoms with Crippen LogP contribution < -0.4 is 5.32 Å². The van der Waals surface area contributed by atoms with Crippen LogP contribution in [0.3, 0.4) is 0 Å². The molecule has 0 unspecified atom stereocenters. The summed E-state index contributed by atoms with van der Waals surface area (Å²) >= 11 is 0. The average Bonchev–Trinajstić information content (AvgIpc) is 3.43. The van der Waals surface area contributed by atoms with Crippen LogP contribution in [0.1, 0.15) is 29.6 Å². The number of carbonyl (C=O) groups is 1. The molecule has 1 amide bonds. The number of benzene rings is 1. The number of imidazole rings is 2. The van der Waals surface area contributed by atoms with E-state index < -0.39 is 0 Å². The van der Waals surface area contributed by atoms with Gasteiger partial charge in [0.25, 0.3) is 5.91 Å². The highest BCUT2D eigenvalue weighted by molar-refractivity contribution is 5.92. The van der Waals surface area contributed by atoms with Crippen molar-refractivity contribution in [3.8, 4) is 0 Å². The molecule has 1 N–H and O–H groups in total. The highest BCUT2D eigenvalue weighted by atomic mass is 16.5. The Morgan fingerprint density at radius 2 is 2.19 bits per heavy atom. The lowest BCUT2D eigenvalue weighted by Gasteiger charge is -2.16. The van der Waals surface area contributed by atoms with Crippen molar-refractivity contribution in [1.29, 1.82) is 0 Å². The van der Waals surface area contributed by atoms with Crippen LogP contribution in [0.15, 0.2) is 59.9 Å². The molecule has 1 atom stereocenters. The molecular weight excluding hydrogens is 344 g/mol. The zero-order valence-corrected chi connectivity index (χ0v) is 14.9. The lowest BCUT2D eigenvalue weighted by atomic mass is 10.2. The van der Waals surface area contributed by atoms with Gasteiger partial charge in [-0.3, -0.25) is 4.79 Å². The molecule has 27 heavy (non-hydrogen) atoms. The largest absolute Gasteiger partial charge is 0.359 e. The number of nitrogens with zero attached hydrogens (tertiary/aromatic N) is 5. The molecule has 0 saturated carbocycles. The smallest absolute Gasteiger partial charge is 0.273 e. The molecule has 4 rings (SSSR count). The summed E-state index contributed by atoms with van der Waals surface area (Å²) in [5, 5.41) is 6.92. The maximum atomic E-state index is 12.5. The van der Waals surface area contributed by atoms with Gasteiger partial charge in [-0.1, -0.05) is 24.2 Å². The van der Waals surface area contributed by atoms with Crippen LogP contribution in [0.25, 0.3) is 11.0 Å². The number of hydrogen-bond acceptors (Lipinski definition) is 5. The first kappa shape index (κ1) is 17.0. The van der Waals surface area contributed by atoms with Crippen molar-refractivity contribution < 1.29 is 9.32 Å². The van der Waals surface area contributed by atoms with Gasteiger partial charge in [-0.15, -0.1) is 0 Å². The summed E-state index contributed by atoms with van der Waals surface area (Å²) in [6.45, 7) is 3.15. The Balaban J connectivity index is 1.43. The molecule has 138 valence electrons. The SMILES string of the molecule is CC[C@H](Cn1ccnc1)NC(=O)c1cc(Cn2cnc3ccccc32)on1. The fourth-order valence-corrected chi connectivity index (χ4v) is 2.98. The Hall–Kier alpha value is -3.42. The number of rotatable bonds is 7. The van der Waals surface area contributed by atoms with Crippen molar-refractivity contribution in [3.63, 3.8) is 0 Å². The third-order valence-electron chi connectivity index (χ3n) is 4.46. The third kappa shape index (κ3) is 3.74. The first-order valence-electron chi connectivity index (χ1n) is 8.85. The van der Waals surface area contributed by atoms with E-state index in [1.807, 2.05) is 46.5 Å². The van der Waals surface area contributed by atoms with Crippen LogP contribution in [-0.2, 0) is 13.1 Å². The highest BCUT2D eigenvalue weighted by Crippen LogP contribution is 2.14. The van der Waals surface area contributed by atoms with Crippen molar-refractivity contribution in [3.05, 3.63) is 66.8 Å². The van der Waals surface area contributed by atoms with Crippen molar-refractivity contribution >= 4 is 16.9 Å². The van der Waals surface area contributed by atoms with Crippen LogP contribution >= 0.6 is 0 Å². The highest BCUT2D eigenvalue weighted by Gasteiger charge is 2.17. The molecule has 1 aromatic carbocycles. The average molecular weight is 364 g/mol. The summed E-state index contributed by atoms with van der Waals surface area (Å²) in [5.74, 6) is 0.360. The van der Waals surface area contributed by atoms with Crippen molar-refractivity contribution in [2.75, 3.05) is 0 Å². The topological polar surface area (TPSA) is 90.8 Å². The monoisotopic (exact) mass is 364 g/mol. The maximum absolute atomic E-state index is 12.5. The van der Waals surface area contributed by atoms with E-state index in [1.165, 1.54) is 0 Å². The van der Waals surface area contributed by atoms with Crippen molar-refractivity contribution in [2.45, 2.75) is 32.5 Å². The molecule has 0 saturated heterocycles. The molecular formula is C19H20N6O2. The van der Waals surface area contributed by atoms with E-state index in [0.717, 1.165) is 17.5 Å².